The first-order chi connectivity index (χ1) is 7.50. The van der Waals surface area contributed by atoms with E-state index in [0.29, 0.717) is 18.4 Å². The zero-order chi connectivity index (χ0) is 11.8. The molecule has 0 aromatic heterocycles. The molecule has 1 aliphatic carbocycles. The van der Waals surface area contributed by atoms with Crippen LogP contribution >= 0.6 is 0 Å². The first kappa shape index (κ1) is 11.9. The van der Waals surface area contributed by atoms with E-state index in [1.54, 1.807) is 0 Å². The summed E-state index contributed by atoms with van der Waals surface area (Å²) in [6.45, 7) is 5.30. The molecule has 1 aliphatic heterocycles. The average Bonchev–Trinajstić information content (AvgIpc) is 2.73. The number of carbonyl (C=O) groups excluding carboxylic acids is 1. The van der Waals surface area contributed by atoms with Crippen molar-refractivity contribution in [1.29, 1.82) is 0 Å². The van der Waals surface area contributed by atoms with Gasteiger partial charge in [0.25, 0.3) is 0 Å². The Kier molecular flexibility index (Phi) is 3.24. The van der Waals surface area contributed by atoms with Crippen LogP contribution in [0.2, 0.25) is 0 Å². The third-order valence-corrected chi connectivity index (χ3v) is 4.21. The van der Waals surface area contributed by atoms with Gasteiger partial charge in [-0.2, -0.15) is 0 Å². The topological polar surface area (TPSA) is 46.3 Å². The predicted molar refractivity (Wildman–Crippen MR) is 65.0 cm³/mol. The van der Waals surface area contributed by atoms with Gasteiger partial charge >= 0.3 is 0 Å². The summed E-state index contributed by atoms with van der Waals surface area (Å²) < 4.78 is 0. The van der Waals surface area contributed by atoms with E-state index < -0.39 is 0 Å². The van der Waals surface area contributed by atoms with Crippen molar-refractivity contribution in [3.63, 3.8) is 0 Å². The van der Waals surface area contributed by atoms with Gasteiger partial charge in [-0.1, -0.05) is 19.8 Å². The highest BCUT2D eigenvalue weighted by Gasteiger charge is 2.36. The molecule has 2 rings (SSSR count). The first-order valence-corrected chi connectivity index (χ1v) is 6.58. The van der Waals surface area contributed by atoms with Crippen LogP contribution in [0.4, 0.5) is 0 Å². The largest absolute Gasteiger partial charge is 0.340 e. The van der Waals surface area contributed by atoms with Gasteiger partial charge in [0.2, 0.25) is 5.91 Å². The van der Waals surface area contributed by atoms with Crippen molar-refractivity contribution in [2.75, 3.05) is 6.54 Å². The molecule has 0 aromatic rings. The highest BCUT2D eigenvalue weighted by molar-refractivity contribution is 5.78. The fourth-order valence-corrected chi connectivity index (χ4v) is 3.31. The number of nitrogens with zero attached hydrogens (tertiary/aromatic N) is 1. The van der Waals surface area contributed by atoms with E-state index in [2.05, 4.69) is 13.8 Å². The van der Waals surface area contributed by atoms with Crippen molar-refractivity contribution in [3.05, 3.63) is 0 Å². The molecule has 2 unspecified atom stereocenters. The van der Waals surface area contributed by atoms with Crippen molar-refractivity contribution >= 4 is 5.91 Å². The fraction of sp³-hybridized carbons (Fsp3) is 0.923. The van der Waals surface area contributed by atoms with Gasteiger partial charge in [0.15, 0.2) is 0 Å². The highest BCUT2D eigenvalue weighted by atomic mass is 16.2. The van der Waals surface area contributed by atoms with Crippen molar-refractivity contribution in [3.8, 4) is 0 Å². The van der Waals surface area contributed by atoms with Gasteiger partial charge in [-0.15, -0.1) is 0 Å². The Morgan fingerprint density at radius 3 is 2.50 bits per heavy atom. The van der Waals surface area contributed by atoms with Crippen LogP contribution in [0.25, 0.3) is 0 Å². The average molecular weight is 224 g/mol. The third kappa shape index (κ3) is 2.40. The molecule has 16 heavy (non-hydrogen) atoms. The van der Waals surface area contributed by atoms with E-state index in [-0.39, 0.29) is 11.4 Å². The summed E-state index contributed by atoms with van der Waals surface area (Å²) in [5.74, 6) is 0.928. The smallest absolute Gasteiger partial charge is 0.224 e. The summed E-state index contributed by atoms with van der Waals surface area (Å²) in [6.07, 6.45) is 6.13. The molecule has 1 saturated carbocycles. The first-order valence-electron chi connectivity index (χ1n) is 6.58. The molecule has 2 N–H and O–H groups in total. The molecule has 1 amide bonds. The van der Waals surface area contributed by atoms with E-state index in [1.807, 2.05) is 4.90 Å². The van der Waals surface area contributed by atoms with Gasteiger partial charge in [0.1, 0.15) is 0 Å². The maximum absolute atomic E-state index is 12.2. The highest BCUT2D eigenvalue weighted by Crippen LogP contribution is 2.32. The lowest BCUT2D eigenvalue weighted by Crippen LogP contribution is -2.44. The van der Waals surface area contributed by atoms with Gasteiger partial charge in [0.05, 0.1) is 0 Å². The lowest BCUT2D eigenvalue weighted by Gasteiger charge is -2.28. The third-order valence-electron chi connectivity index (χ3n) is 4.21. The fourth-order valence-electron chi connectivity index (χ4n) is 3.31. The van der Waals surface area contributed by atoms with Gasteiger partial charge in [-0.3, -0.25) is 4.79 Å². The minimum atomic E-state index is -0.192. The molecule has 2 atom stereocenters. The second-order valence-electron chi connectivity index (χ2n) is 5.98. The maximum atomic E-state index is 12.2. The molecule has 0 radical (unpaired) electrons. The summed E-state index contributed by atoms with van der Waals surface area (Å²) in [5.41, 5.74) is 6.07. The SMILES string of the molecule is CC1CC(C)N(C(=O)CC2(N)CCCC2)C1. The summed E-state index contributed by atoms with van der Waals surface area (Å²) in [5, 5.41) is 0. The van der Waals surface area contributed by atoms with Crippen LogP contribution < -0.4 is 5.73 Å². The molecule has 0 spiro atoms. The van der Waals surface area contributed by atoms with Crippen LogP contribution in [-0.4, -0.2) is 28.9 Å². The van der Waals surface area contributed by atoms with Crippen LogP contribution in [0, 0.1) is 5.92 Å². The molecule has 3 nitrogen and oxygen atoms in total. The molecule has 0 bridgehead atoms. The lowest BCUT2D eigenvalue weighted by molar-refractivity contribution is -0.133. The second-order valence-corrected chi connectivity index (χ2v) is 5.98. The molecule has 92 valence electrons. The maximum Gasteiger partial charge on any atom is 0.224 e. The number of hydrogen-bond acceptors (Lipinski definition) is 2. The van der Waals surface area contributed by atoms with Gasteiger partial charge in [-0.25, -0.2) is 0 Å². The van der Waals surface area contributed by atoms with Crippen LogP contribution in [-0.2, 0) is 4.79 Å². The van der Waals surface area contributed by atoms with Crippen LogP contribution in [0.15, 0.2) is 0 Å². The monoisotopic (exact) mass is 224 g/mol. The number of amides is 1. The lowest BCUT2D eigenvalue weighted by atomic mass is 9.94. The van der Waals surface area contributed by atoms with Crippen LogP contribution in [0.1, 0.15) is 52.4 Å². The number of hydrogen-bond donors (Lipinski definition) is 1. The minimum Gasteiger partial charge on any atom is -0.340 e. The second kappa shape index (κ2) is 4.36. The zero-order valence-electron chi connectivity index (χ0n) is 10.5. The Labute approximate surface area is 98.4 Å². The van der Waals surface area contributed by atoms with E-state index >= 15 is 0 Å². The minimum absolute atomic E-state index is 0.192. The van der Waals surface area contributed by atoms with E-state index in [9.17, 15) is 4.79 Å². The van der Waals surface area contributed by atoms with E-state index in [0.717, 1.165) is 25.8 Å². The predicted octanol–water partition coefficient (Wildman–Crippen LogP) is 1.90. The van der Waals surface area contributed by atoms with Crippen molar-refractivity contribution in [1.82, 2.24) is 4.90 Å². The van der Waals surface area contributed by atoms with E-state index in [4.69, 9.17) is 5.73 Å². The van der Waals surface area contributed by atoms with Crippen LogP contribution in [0.5, 0.6) is 0 Å². The number of likely N-dealkylation sites (tertiary alicyclic amines) is 1. The summed E-state index contributed by atoms with van der Waals surface area (Å²) in [4.78, 5) is 14.2. The van der Waals surface area contributed by atoms with Gasteiger partial charge < -0.3 is 10.6 Å². The molecule has 3 heteroatoms. The number of nitrogens with two attached hydrogens (primary N) is 1. The number of carbonyl (C=O) groups is 1. The summed E-state index contributed by atoms with van der Waals surface area (Å²) in [7, 11) is 0. The van der Waals surface area contributed by atoms with Gasteiger partial charge in [-0.05, 0) is 32.1 Å². The summed E-state index contributed by atoms with van der Waals surface area (Å²) >= 11 is 0. The Bertz CT molecular complexity index is 271. The Morgan fingerprint density at radius 1 is 1.38 bits per heavy atom. The Balaban J connectivity index is 1.92. The standard InChI is InChI=1S/C13H24N2O/c1-10-7-11(2)15(9-10)12(16)8-13(14)5-3-4-6-13/h10-11H,3-9,14H2,1-2H3. The molecule has 0 aromatic carbocycles. The zero-order valence-corrected chi connectivity index (χ0v) is 10.5. The Hall–Kier alpha value is -0.570. The van der Waals surface area contributed by atoms with Crippen molar-refractivity contribution in [2.24, 2.45) is 11.7 Å². The molecule has 2 fully saturated rings. The molecule has 2 aliphatic rings. The molecule has 1 saturated heterocycles. The molecular formula is C13H24N2O. The molecule has 1 heterocycles. The van der Waals surface area contributed by atoms with Crippen LogP contribution in [0.3, 0.4) is 0 Å². The van der Waals surface area contributed by atoms with E-state index in [1.165, 1.54) is 12.8 Å². The van der Waals surface area contributed by atoms with Gasteiger partial charge in [0, 0.05) is 24.5 Å². The normalized spacial score (nSPS) is 33.3. The van der Waals surface area contributed by atoms with Crippen molar-refractivity contribution < 1.29 is 4.79 Å². The summed E-state index contributed by atoms with van der Waals surface area (Å²) in [6, 6.07) is 0.410. The number of rotatable bonds is 2. The molecular weight excluding hydrogens is 200 g/mol. The van der Waals surface area contributed by atoms with Crippen molar-refractivity contribution in [2.45, 2.75) is 64.0 Å². The quantitative estimate of drug-likeness (QED) is 0.778. The Morgan fingerprint density at radius 2 is 2.00 bits per heavy atom.